The maximum atomic E-state index is 12.2. The Morgan fingerprint density at radius 3 is 2.75 bits per heavy atom. The Bertz CT molecular complexity index is 820. The Kier molecular flexibility index (Phi) is 5.14. The zero-order valence-corrected chi connectivity index (χ0v) is 14.3. The second-order valence-electron chi connectivity index (χ2n) is 5.25. The molecule has 1 atom stereocenters. The van der Waals surface area contributed by atoms with Crippen molar-refractivity contribution in [2.24, 2.45) is 0 Å². The van der Waals surface area contributed by atoms with Gasteiger partial charge in [-0.15, -0.1) is 11.3 Å². The van der Waals surface area contributed by atoms with Crippen molar-refractivity contribution in [2.45, 2.75) is 12.3 Å². The summed E-state index contributed by atoms with van der Waals surface area (Å²) in [5.74, 6) is -0.194. The number of rotatable bonds is 5. The highest BCUT2D eigenvalue weighted by Gasteiger charge is 2.30. The van der Waals surface area contributed by atoms with Gasteiger partial charge in [0.15, 0.2) is 5.78 Å². The van der Waals surface area contributed by atoms with Crippen molar-refractivity contribution in [2.75, 3.05) is 5.75 Å². The number of nitriles is 1. The van der Waals surface area contributed by atoms with Crippen LogP contribution in [0.1, 0.15) is 27.6 Å². The van der Waals surface area contributed by atoms with Crippen LogP contribution in [0.4, 0.5) is 0 Å². The molecule has 1 aliphatic heterocycles. The lowest BCUT2D eigenvalue weighted by molar-refractivity contribution is -0.120. The van der Waals surface area contributed by atoms with Crippen molar-refractivity contribution < 1.29 is 9.59 Å². The van der Waals surface area contributed by atoms with E-state index in [2.05, 4.69) is 11.4 Å². The summed E-state index contributed by atoms with van der Waals surface area (Å²) in [6.07, 6.45) is 0.264. The first-order valence-corrected chi connectivity index (χ1v) is 9.24. The molecule has 1 aromatic heterocycles. The van der Waals surface area contributed by atoms with E-state index >= 15 is 0 Å². The Morgan fingerprint density at radius 1 is 1.29 bits per heavy atom. The van der Waals surface area contributed by atoms with Gasteiger partial charge in [0.1, 0.15) is 0 Å². The topological polar surface area (TPSA) is 70.0 Å². The highest BCUT2D eigenvalue weighted by molar-refractivity contribution is 8.03. The van der Waals surface area contributed by atoms with E-state index in [1.807, 2.05) is 35.7 Å². The third kappa shape index (κ3) is 3.58. The van der Waals surface area contributed by atoms with Gasteiger partial charge in [0, 0.05) is 22.8 Å². The summed E-state index contributed by atoms with van der Waals surface area (Å²) in [5.41, 5.74) is 1.16. The predicted molar refractivity (Wildman–Crippen MR) is 95.7 cm³/mol. The lowest BCUT2D eigenvalue weighted by Crippen LogP contribution is -2.31. The number of benzene rings is 1. The minimum absolute atomic E-state index is 0.0297. The molecule has 2 aromatic rings. The molecule has 3 rings (SSSR count). The summed E-state index contributed by atoms with van der Waals surface area (Å²) < 4.78 is 0. The van der Waals surface area contributed by atoms with Crippen molar-refractivity contribution >= 4 is 34.8 Å². The molecule has 2 heterocycles. The van der Waals surface area contributed by atoms with Crippen LogP contribution in [0.3, 0.4) is 0 Å². The molecule has 0 saturated heterocycles. The first kappa shape index (κ1) is 16.5. The van der Waals surface area contributed by atoms with Crippen molar-refractivity contribution in [3.63, 3.8) is 0 Å². The van der Waals surface area contributed by atoms with Crippen LogP contribution in [0.2, 0.25) is 0 Å². The van der Waals surface area contributed by atoms with Crippen molar-refractivity contribution in [1.29, 1.82) is 5.26 Å². The second kappa shape index (κ2) is 7.47. The predicted octanol–water partition coefficient (Wildman–Crippen LogP) is 3.70. The van der Waals surface area contributed by atoms with E-state index in [0.717, 1.165) is 4.88 Å². The van der Waals surface area contributed by atoms with Gasteiger partial charge in [0.2, 0.25) is 5.91 Å². The quantitative estimate of drug-likeness (QED) is 0.831. The molecule has 0 bridgehead atoms. The number of hydrogen-bond donors (Lipinski definition) is 1. The average molecular weight is 354 g/mol. The SMILES string of the molecule is N#CC1=C(SCC(=O)c2ccccc2)NC(=O)C[C@H]1c1cccs1. The van der Waals surface area contributed by atoms with Gasteiger partial charge in [-0.1, -0.05) is 48.2 Å². The number of allylic oxidation sites excluding steroid dienone is 1. The Hall–Kier alpha value is -2.36. The van der Waals surface area contributed by atoms with E-state index < -0.39 is 0 Å². The maximum absolute atomic E-state index is 12.2. The second-order valence-corrected chi connectivity index (χ2v) is 7.22. The molecule has 6 heteroatoms. The fourth-order valence-electron chi connectivity index (χ4n) is 2.51. The number of carbonyl (C=O) groups excluding carboxylic acids is 2. The van der Waals surface area contributed by atoms with E-state index in [4.69, 9.17) is 0 Å². The van der Waals surface area contributed by atoms with Crippen molar-refractivity contribution in [1.82, 2.24) is 5.32 Å². The summed E-state index contributed by atoms with van der Waals surface area (Å²) in [6.45, 7) is 0. The van der Waals surface area contributed by atoms with Crippen LogP contribution in [0.15, 0.2) is 58.4 Å². The lowest BCUT2D eigenvalue weighted by Gasteiger charge is -2.23. The highest BCUT2D eigenvalue weighted by Crippen LogP contribution is 2.37. The Balaban J connectivity index is 1.80. The molecule has 0 spiro atoms. The van der Waals surface area contributed by atoms with Gasteiger partial charge in [-0.25, -0.2) is 0 Å². The van der Waals surface area contributed by atoms with Crippen LogP contribution >= 0.6 is 23.1 Å². The lowest BCUT2D eigenvalue weighted by atomic mass is 9.93. The number of carbonyl (C=O) groups is 2. The molecule has 0 radical (unpaired) electrons. The minimum atomic E-state index is -0.224. The monoisotopic (exact) mass is 354 g/mol. The third-order valence-electron chi connectivity index (χ3n) is 3.69. The normalized spacial score (nSPS) is 17.3. The van der Waals surface area contributed by atoms with Gasteiger partial charge in [0.25, 0.3) is 0 Å². The van der Waals surface area contributed by atoms with E-state index in [1.165, 1.54) is 23.1 Å². The average Bonchev–Trinajstić information content (AvgIpc) is 3.14. The fraction of sp³-hybridized carbons (Fsp3) is 0.167. The van der Waals surface area contributed by atoms with Crippen molar-refractivity contribution in [3.8, 4) is 6.07 Å². The zero-order valence-electron chi connectivity index (χ0n) is 12.7. The standard InChI is InChI=1S/C18H14N2O2S2/c19-10-14-13(16-7-4-8-23-16)9-17(22)20-18(14)24-11-15(21)12-5-2-1-3-6-12/h1-8,13H,9,11H2,(H,20,22)/t13-/m1/s1. The summed E-state index contributed by atoms with van der Waals surface area (Å²) in [4.78, 5) is 25.2. The smallest absolute Gasteiger partial charge is 0.225 e. The molecule has 1 N–H and O–H groups in total. The molecular weight excluding hydrogens is 340 g/mol. The number of thiophene rings is 1. The molecule has 24 heavy (non-hydrogen) atoms. The number of amides is 1. The van der Waals surface area contributed by atoms with Crippen LogP contribution in [-0.2, 0) is 4.79 Å². The summed E-state index contributed by atoms with van der Waals surface area (Å²) in [5, 5.41) is 14.7. The number of nitrogens with one attached hydrogen (secondary N) is 1. The van der Waals surface area contributed by atoms with Gasteiger partial charge in [0.05, 0.1) is 22.4 Å². The molecule has 1 aliphatic rings. The maximum Gasteiger partial charge on any atom is 0.225 e. The number of thioether (sulfide) groups is 1. The van der Waals surface area contributed by atoms with Gasteiger partial charge >= 0.3 is 0 Å². The van der Waals surface area contributed by atoms with Crippen molar-refractivity contribution in [3.05, 3.63) is 68.9 Å². The fourth-order valence-corrected chi connectivity index (χ4v) is 4.32. The van der Waals surface area contributed by atoms with Gasteiger partial charge in [-0.2, -0.15) is 5.26 Å². The van der Waals surface area contributed by atoms with E-state index in [1.54, 1.807) is 12.1 Å². The molecule has 0 saturated carbocycles. The van der Waals surface area contributed by atoms with Gasteiger partial charge in [-0.05, 0) is 11.4 Å². The molecule has 1 aromatic carbocycles. The van der Waals surface area contributed by atoms with Crippen LogP contribution in [0.25, 0.3) is 0 Å². The number of nitrogens with zero attached hydrogens (tertiary/aromatic N) is 1. The molecular formula is C18H14N2O2S2. The molecule has 0 fully saturated rings. The van der Waals surface area contributed by atoms with Gasteiger partial charge < -0.3 is 5.32 Å². The summed E-state index contributed by atoms with van der Waals surface area (Å²) in [7, 11) is 0. The van der Waals surface area contributed by atoms with Gasteiger partial charge in [-0.3, -0.25) is 9.59 Å². The zero-order chi connectivity index (χ0) is 16.9. The van der Waals surface area contributed by atoms with Crippen LogP contribution in [0, 0.1) is 11.3 Å². The number of Topliss-reactive ketones (excluding diaryl/α,β-unsaturated/α-hetero) is 1. The molecule has 0 aliphatic carbocycles. The Morgan fingerprint density at radius 2 is 2.08 bits per heavy atom. The number of hydrogen-bond acceptors (Lipinski definition) is 5. The molecule has 0 unspecified atom stereocenters. The van der Waals surface area contributed by atoms with Crippen LogP contribution in [-0.4, -0.2) is 17.4 Å². The summed E-state index contributed by atoms with van der Waals surface area (Å²) >= 11 is 2.75. The Labute approximate surface area is 148 Å². The first-order valence-electron chi connectivity index (χ1n) is 7.37. The van der Waals surface area contributed by atoms with E-state index in [9.17, 15) is 14.9 Å². The third-order valence-corrected chi connectivity index (χ3v) is 5.69. The van der Waals surface area contributed by atoms with Crippen LogP contribution < -0.4 is 5.32 Å². The molecule has 120 valence electrons. The first-order chi connectivity index (χ1) is 11.7. The largest absolute Gasteiger partial charge is 0.320 e. The molecule has 1 amide bonds. The van der Waals surface area contributed by atoms with Crippen LogP contribution in [0.5, 0.6) is 0 Å². The number of ketones is 1. The minimum Gasteiger partial charge on any atom is -0.320 e. The molecule has 4 nitrogen and oxygen atoms in total. The van der Waals surface area contributed by atoms with E-state index in [-0.39, 0.29) is 29.8 Å². The highest BCUT2D eigenvalue weighted by atomic mass is 32.2. The van der Waals surface area contributed by atoms with E-state index in [0.29, 0.717) is 16.2 Å². The summed E-state index contributed by atoms with van der Waals surface area (Å²) in [6, 6.07) is 15.1.